The number of para-hydroxylation sites is 2. The Morgan fingerprint density at radius 2 is 0.707 bits per heavy atom. The third-order valence-corrected chi connectivity index (χ3v) is 8.17. The van der Waals surface area contributed by atoms with Gasteiger partial charge in [-0.1, -0.05) is 127 Å². The third-order valence-electron chi connectivity index (χ3n) is 8.17. The van der Waals surface area contributed by atoms with Crippen molar-refractivity contribution in [2.45, 2.75) is 0 Å². The van der Waals surface area contributed by atoms with Crippen LogP contribution < -0.4 is 4.90 Å². The zero-order chi connectivity index (χ0) is 27.2. The SMILES string of the molecule is c1ccc(-c2c3c(c(-c4ccccc4)c4ccccc24)-c2cc(N(c4ccccc4)c4ccccc4)ccc2-3)cc1. The second kappa shape index (κ2) is 9.66. The fourth-order valence-electron chi connectivity index (χ4n) is 6.42. The van der Waals surface area contributed by atoms with Crippen LogP contribution in [0.4, 0.5) is 17.1 Å². The number of benzene rings is 7. The first-order chi connectivity index (χ1) is 20.4. The van der Waals surface area contributed by atoms with Gasteiger partial charge in [-0.3, -0.25) is 0 Å². The third kappa shape index (κ3) is 3.78. The van der Waals surface area contributed by atoms with Gasteiger partial charge in [0, 0.05) is 17.1 Å². The normalized spacial score (nSPS) is 11.4. The number of anilines is 3. The van der Waals surface area contributed by atoms with Crippen LogP contribution in [0.2, 0.25) is 0 Å². The molecule has 0 saturated heterocycles. The van der Waals surface area contributed by atoms with Gasteiger partial charge in [0.05, 0.1) is 0 Å². The predicted molar refractivity (Wildman–Crippen MR) is 174 cm³/mol. The van der Waals surface area contributed by atoms with Crippen LogP contribution in [-0.4, -0.2) is 0 Å². The van der Waals surface area contributed by atoms with Gasteiger partial charge in [-0.25, -0.2) is 0 Å². The van der Waals surface area contributed by atoms with E-state index in [1.54, 1.807) is 0 Å². The lowest BCUT2D eigenvalue weighted by molar-refractivity contribution is 1.28. The van der Waals surface area contributed by atoms with E-state index in [0.717, 1.165) is 17.1 Å². The molecule has 1 aliphatic carbocycles. The average molecular weight is 522 g/mol. The molecule has 7 aromatic rings. The number of fused-ring (bicyclic) bond motifs is 5. The minimum Gasteiger partial charge on any atom is -0.310 e. The topological polar surface area (TPSA) is 3.24 Å². The van der Waals surface area contributed by atoms with Crippen molar-refractivity contribution in [2.24, 2.45) is 0 Å². The molecular formula is C40H27N. The van der Waals surface area contributed by atoms with Crippen molar-refractivity contribution in [2.75, 3.05) is 4.90 Å². The van der Waals surface area contributed by atoms with Crippen LogP contribution >= 0.6 is 0 Å². The van der Waals surface area contributed by atoms with E-state index < -0.39 is 0 Å². The van der Waals surface area contributed by atoms with Crippen LogP contribution in [-0.2, 0) is 0 Å². The highest BCUT2D eigenvalue weighted by molar-refractivity contribution is 6.24. The molecule has 0 fully saturated rings. The maximum atomic E-state index is 2.38. The Balaban J connectivity index is 1.42. The van der Waals surface area contributed by atoms with Crippen LogP contribution in [0.5, 0.6) is 0 Å². The lowest BCUT2D eigenvalue weighted by Crippen LogP contribution is -2.12. The van der Waals surface area contributed by atoms with Gasteiger partial charge in [-0.05, 0) is 91.7 Å². The van der Waals surface area contributed by atoms with Gasteiger partial charge in [-0.2, -0.15) is 0 Å². The van der Waals surface area contributed by atoms with Crippen molar-refractivity contribution in [1.82, 2.24) is 0 Å². The van der Waals surface area contributed by atoms with Gasteiger partial charge in [0.2, 0.25) is 0 Å². The van der Waals surface area contributed by atoms with Crippen LogP contribution in [0.3, 0.4) is 0 Å². The molecule has 0 heterocycles. The zero-order valence-corrected chi connectivity index (χ0v) is 22.5. The first kappa shape index (κ1) is 23.5. The van der Waals surface area contributed by atoms with E-state index in [9.17, 15) is 0 Å². The van der Waals surface area contributed by atoms with E-state index in [4.69, 9.17) is 0 Å². The number of hydrogen-bond acceptors (Lipinski definition) is 1. The van der Waals surface area contributed by atoms with E-state index >= 15 is 0 Å². The summed E-state index contributed by atoms with van der Waals surface area (Å²) in [5, 5.41) is 2.58. The highest BCUT2D eigenvalue weighted by Crippen LogP contribution is 2.59. The van der Waals surface area contributed by atoms with Crippen molar-refractivity contribution in [3.8, 4) is 44.5 Å². The van der Waals surface area contributed by atoms with Gasteiger partial charge in [0.1, 0.15) is 0 Å². The lowest BCUT2D eigenvalue weighted by atomic mass is 9.70. The molecule has 0 aliphatic heterocycles. The molecule has 0 bridgehead atoms. The minimum absolute atomic E-state index is 1.14. The Morgan fingerprint density at radius 3 is 1.20 bits per heavy atom. The summed E-state index contributed by atoms with van der Waals surface area (Å²) in [7, 11) is 0. The van der Waals surface area contributed by atoms with Crippen LogP contribution in [0.1, 0.15) is 0 Å². The Morgan fingerprint density at radius 1 is 0.293 bits per heavy atom. The maximum Gasteiger partial charge on any atom is 0.0468 e. The zero-order valence-electron chi connectivity index (χ0n) is 22.5. The minimum atomic E-state index is 1.14. The summed E-state index contributed by atoms with van der Waals surface area (Å²) < 4.78 is 0. The van der Waals surface area contributed by atoms with E-state index in [2.05, 4.69) is 169 Å². The summed E-state index contributed by atoms with van der Waals surface area (Å²) in [6, 6.07) is 58.9. The first-order valence-electron chi connectivity index (χ1n) is 14.1. The van der Waals surface area contributed by atoms with Crippen molar-refractivity contribution in [3.05, 3.63) is 164 Å². The van der Waals surface area contributed by atoms with Crippen molar-refractivity contribution in [1.29, 1.82) is 0 Å². The van der Waals surface area contributed by atoms with Gasteiger partial charge in [-0.15, -0.1) is 0 Å². The fraction of sp³-hybridized carbons (Fsp3) is 0. The molecule has 8 rings (SSSR count). The summed E-state index contributed by atoms with van der Waals surface area (Å²) in [5.74, 6) is 0. The number of hydrogen-bond donors (Lipinski definition) is 0. The highest BCUT2D eigenvalue weighted by Gasteiger charge is 2.33. The number of nitrogens with zero attached hydrogens (tertiary/aromatic N) is 1. The van der Waals surface area contributed by atoms with Crippen molar-refractivity contribution < 1.29 is 0 Å². The summed E-state index contributed by atoms with van der Waals surface area (Å²) >= 11 is 0. The average Bonchev–Trinajstić information content (AvgIpc) is 3.05. The molecule has 0 amide bonds. The van der Waals surface area contributed by atoms with Gasteiger partial charge in [0.25, 0.3) is 0 Å². The Bertz CT molecular complexity index is 1970. The van der Waals surface area contributed by atoms with Gasteiger partial charge in [0.15, 0.2) is 0 Å². The van der Waals surface area contributed by atoms with Crippen LogP contribution in [0.15, 0.2) is 164 Å². The van der Waals surface area contributed by atoms with Crippen LogP contribution in [0.25, 0.3) is 55.3 Å². The molecule has 1 nitrogen and oxygen atoms in total. The molecule has 41 heavy (non-hydrogen) atoms. The Labute approximate surface area is 240 Å². The highest BCUT2D eigenvalue weighted by atomic mass is 15.1. The summed E-state index contributed by atoms with van der Waals surface area (Å²) in [6.07, 6.45) is 0. The second-order valence-corrected chi connectivity index (χ2v) is 10.5. The quantitative estimate of drug-likeness (QED) is 0.218. The largest absolute Gasteiger partial charge is 0.310 e. The molecule has 0 N–H and O–H groups in total. The van der Waals surface area contributed by atoms with E-state index in [0.29, 0.717) is 0 Å². The fourth-order valence-corrected chi connectivity index (χ4v) is 6.42. The number of rotatable bonds is 5. The molecule has 0 aromatic heterocycles. The molecule has 192 valence electrons. The molecule has 7 aromatic carbocycles. The van der Waals surface area contributed by atoms with E-state index in [1.165, 1.54) is 55.3 Å². The van der Waals surface area contributed by atoms with Crippen molar-refractivity contribution in [3.63, 3.8) is 0 Å². The Kier molecular flexibility index (Phi) is 5.53. The first-order valence-corrected chi connectivity index (χ1v) is 14.1. The molecular weight excluding hydrogens is 494 g/mol. The lowest BCUT2D eigenvalue weighted by Gasteiger charge is -2.34. The van der Waals surface area contributed by atoms with Gasteiger partial charge >= 0.3 is 0 Å². The maximum absolute atomic E-state index is 2.38. The standard InChI is InChI=1S/C40H27N/c1-5-15-28(16-6-1)37-33-23-13-14-24-34(33)38(29-17-7-2-8-18-29)40-36-27-32(25-26-35(36)39(37)40)41(30-19-9-3-10-20-30)31-21-11-4-12-22-31/h1-27H. The molecule has 1 aliphatic rings. The molecule has 0 saturated carbocycles. The molecule has 0 atom stereocenters. The molecule has 0 radical (unpaired) electrons. The summed E-state index contributed by atoms with van der Waals surface area (Å²) in [5.41, 5.74) is 13.9. The molecule has 0 unspecified atom stereocenters. The summed E-state index contributed by atoms with van der Waals surface area (Å²) in [6.45, 7) is 0. The van der Waals surface area contributed by atoms with Gasteiger partial charge < -0.3 is 4.90 Å². The summed E-state index contributed by atoms with van der Waals surface area (Å²) in [4.78, 5) is 2.35. The van der Waals surface area contributed by atoms with Crippen LogP contribution in [0, 0.1) is 0 Å². The molecule has 1 heteroatoms. The monoisotopic (exact) mass is 521 g/mol. The van der Waals surface area contributed by atoms with E-state index in [-0.39, 0.29) is 0 Å². The second-order valence-electron chi connectivity index (χ2n) is 10.5. The van der Waals surface area contributed by atoms with Crippen molar-refractivity contribution >= 4 is 27.8 Å². The van der Waals surface area contributed by atoms with E-state index in [1.807, 2.05) is 0 Å². The Hall–Kier alpha value is -5.40. The molecule has 0 spiro atoms. The predicted octanol–water partition coefficient (Wildman–Crippen LogP) is 11.3. The smallest absolute Gasteiger partial charge is 0.0468 e.